The van der Waals surface area contributed by atoms with Gasteiger partial charge in [0.2, 0.25) is 0 Å². The van der Waals surface area contributed by atoms with E-state index in [2.05, 4.69) is 0 Å². The Morgan fingerprint density at radius 2 is 1.69 bits per heavy atom. The molecule has 0 amide bonds. The summed E-state index contributed by atoms with van der Waals surface area (Å²) in [4.78, 5) is 12.1. The molecule has 0 aliphatic rings. The lowest BCUT2D eigenvalue weighted by atomic mass is 9.79. The van der Waals surface area contributed by atoms with Crippen LogP contribution in [0.15, 0.2) is 30.3 Å². The van der Waals surface area contributed by atoms with E-state index < -0.39 is 6.10 Å². The average molecular weight is 220 g/mol. The van der Waals surface area contributed by atoms with Crippen LogP contribution in [0, 0.1) is 11.3 Å². The molecular weight excluding hydrogens is 200 g/mol. The predicted octanol–water partition coefficient (Wildman–Crippen LogP) is 2.91. The number of carbonyl (C=O) groups is 1. The van der Waals surface area contributed by atoms with Crippen molar-refractivity contribution in [3.8, 4) is 0 Å². The first-order chi connectivity index (χ1) is 7.34. The Bertz CT molecular complexity index is 349. The molecular formula is C14H20O2. The normalized spacial score (nSPS) is 15.6. The van der Waals surface area contributed by atoms with Crippen molar-refractivity contribution in [2.24, 2.45) is 11.3 Å². The average Bonchev–Trinajstić information content (AvgIpc) is 2.26. The van der Waals surface area contributed by atoms with Crippen LogP contribution in [0.4, 0.5) is 0 Å². The third-order valence-corrected chi connectivity index (χ3v) is 2.83. The first-order valence-corrected chi connectivity index (χ1v) is 5.61. The van der Waals surface area contributed by atoms with Crippen LogP contribution in [0.1, 0.15) is 38.1 Å². The number of Topliss-reactive ketones (excluding diaryl/α,β-unsaturated/α-hetero) is 1. The highest BCUT2D eigenvalue weighted by Gasteiger charge is 2.32. The minimum absolute atomic E-state index is 0.00280. The molecule has 0 aliphatic heterocycles. The second-order valence-corrected chi connectivity index (χ2v) is 5.33. The van der Waals surface area contributed by atoms with Gasteiger partial charge in [-0.25, -0.2) is 0 Å². The van der Waals surface area contributed by atoms with Gasteiger partial charge in [0.25, 0.3) is 0 Å². The van der Waals surface area contributed by atoms with Gasteiger partial charge in [-0.15, -0.1) is 0 Å². The molecule has 1 aromatic carbocycles. The number of aliphatic hydroxyl groups excluding tert-OH is 1. The maximum Gasteiger partial charge on any atom is 0.168 e. The van der Waals surface area contributed by atoms with E-state index in [0.717, 1.165) is 0 Å². The van der Waals surface area contributed by atoms with Crippen molar-refractivity contribution >= 4 is 5.78 Å². The lowest BCUT2D eigenvalue weighted by Gasteiger charge is -2.30. The second-order valence-electron chi connectivity index (χ2n) is 5.33. The molecule has 1 aromatic rings. The van der Waals surface area contributed by atoms with Crippen molar-refractivity contribution in [3.63, 3.8) is 0 Å². The van der Waals surface area contributed by atoms with E-state index in [9.17, 15) is 9.90 Å². The number of aliphatic hydroxyl groups is 1. The quantitative estimate of drug-likeness (QED) is 0.795. The van der Waals surface area contributed by atoms with Gasteiger partial charge in [0.15, 0.2) is 5.78 Å². The molecule has 0 radical (unpaired) electrons. The van der Waals surface area contributed by atoms with Gasteiger partial charge in [0, 0.05) is 11.5 Å². The van der Waals surface area contributed by atoms with Crippen LogP contribution in [0.3, 0.4) is 0 Å². The summed E-state index contributed by atoms with van der Waals surface area (Å²) in [6.45, 7) is 7.59. The van der Waals surface area contributed by atoms with Crippen LogP contribution in [0.5, 0.6) is 0 Å². The maximum absolute atomic E-state index is 12.1. The highest BCUT2D eigenvalue weighted by Crippen LogP contribution is 2.27. The van der Waals surface area contributed by atoms with Crippen molar-refractivity contribution < 1.29 is 9.90 Å². The molecule has 0 aliphatic carbocycles. The molecule has 2 heteroatoms. The highest BCUT2D eigenvalue weighted by atomic mass is 16.3. The smallest absolute Gasteiger partial charge is 0.168 e. The molecule has 0 aromatic heterocycles. The van der Waals surface area contributed by atoms with Crippen molar-refractivity contribution in [2.45, 2.75) is 33.8 Å². The van der Waals surface area contributed by atoms with Gasteiger partial charge in [-0.05, 0) is 5.41 Å². The fourth-order valence-electron chi connectivity index (χ4n) is 1.76. The molecule has 0 fully saturated rings. The summed E-state index contributed by atoms with van der Waals surface area (Å²) in [5, 5.41) is 10.1. The van der Waals surface area contributed by atoms with Gasteiger partial charge in [-0.3, -0.25) is 4.79 Å². The summed E-state index contributed by atoms with van der Waals surface area (Å²) < 4.78 is 0. The van der Waals surface area contributed by atoms with Crippen molar-refractivity contribution in [3.05, 3.63) is 35.9 Å². The number of rotatable bonds is 3. The summed E-state index contributed by atoms with van der Waals surface area (Å²) >= 11 is 0. The minimum atomic E-state index is -0.625. The summed E-state index contributed by atoms with van der Waals surface area (Å²) in [5.74, 6) is -0.370. The van der Waals surface area contributed by atoms with E-state index in [1.165, 1.54) is 0 Å². The molecule has 0 unspecified atom stereocenters. The fraction of sp³-hybridized carbons (Fsp3) is 0.500. The lowest BCUT2D eigenvalue weighted by molar-refractivity contribution is 0.0194. The Labute approximate surface area is 97.3 Å². The zero-order valence-corrected chi connectivity index (χ0v) is 10.4. The van der Waals surface area contributed by atoms with E-state index in [4.69, 9.17) is 0 Å². The van der Waals surface area contributed by atoms with E-state index >= 15 is 0 Å². The molecule has 0 saturated heterocycles. The van der Waals surface area contributed by atoms with Gasteiger partial charge >= 0.3 is 0 Å². The summed E-state index contributed by atoms with van der Waals surface area (Å²) in [5.41, 5.74) is 0.391. The van der Waals surface area contributed by atoms with Crippen LogP contribution in [-0.4, -0.2) is 17.0 Å². The van der Waals surface area contributed by atoms with Crippen LogP contribution < -0.4 is 0 Å². The van der Waals surface area contributed by atoms with Crippen LogP contribution in [-0.2, 0) is 0 Å². The largest absolute Gasteiger partial charge is 0.392 e. The predicted molar refractivity (Wildman–Crippen MR) is 65.4 cm³/mol. The van der Waals surface area contributed by atoms with Gasteiger partial charge in [0.05, 0.1) is 6.10 Å². The minimum Gasteiger partial charge on any atom is -0.392 e. The highest BCUT2D eigenvalue weighted by molar-refractivity contribution is 5.97. The Morgan fingerprint density at radius 1 is 1.19 bits per heavy atom. The standard InChI is InChI=1S/C14H20O2/c1-10(13(16)14(2,3)4)12(15)11-8-6-5-7-9-11/h5-10,13,16H,1-4H3/t10-,13+/m0/s1. The van der Waals surface area contributed by atoms with Gasteiger partial charge in [-0.1, -0.05) is 58.0 Å². The molecule has 16 heavy (non-hydrogen) atoms. The number of carbonyl (C=O) groups excluding carboxylic acids is 1. The SMILES string of the molecule is C[C@@H](C(=O)c1ccccc1)[C@@H](O)C(C)(C)C. The zero-order chi connectivity index (χ0) is 12.3. The van der Waals surface area contributed by atoms with E-state index in [1.54, 1.807) is 19.1 Å². The van der Waals surface area contributed by atoms with Crippen molar-refractivity contribution in [1.29, 1.82) is 0 Å². The first kappa shape index (κ1) is 12.9. The summed E-state index contributed by atoms with van der Waals surface area (Å²) in [6, 6.07) is 9.12. The molecule has 1 N–H and O–H groups in total. The molecule has 0 heterocycles. The Morgan fingerprint density at radius 3 is 2.12 bits per heavy atom. The van der Waals surface area contributed by atoms with Crippen molar-refractivity contribution in [2.75, 3.05) is 0 Å². The zero-order valence-electron chi connectivity index (χ0n) is 10.4. The molecule has 88 valence electrons. The van der Waals surface area contributed by atoms with Gasteiger partial charge in [0.1, 0.15) is 0 Å². The lowest BCUT2D eigenvalue weighted by Crippen LogP contribution is -2.36. The van der Waals surface area contributed by atoms with E-state index in [-0.39, 0.29) is 17.1 Å². The number of ketones is 1. The first-order valence-electron chi connectivity index (χ1n) is 5.61. The van der Waals surface area contributed by atoms with Gasteiger partial charge < -0.3 is 5.11 Å². The third-order valence-electron chi connectivity index (χ3n) is 2.83. The number of benzene rings is 1. The fourth-order valence-corrected chi connectivity index (χ4v) is 1.76. The molecule has 1 rings (SSSR count). The van der Waals surface area contributed by atoms with E-state index in [1.807, 2.05) is 39.0 Å². The summed E-state index contributed by atoms with van der Waals surface area (Å²) in [6.07, 6.45) is -0.625. The monoisotopic (exact) mass is 220 g/mol. The van der Waals surface area contributed by atoms with Gasteiger partial charge in [-0.2, -0.15) is 0 Å². The molecule has 2 atom stereocenters. The van der Waals surface area contributed by atoms with Crippen molar-refractivity contribution in [1.82, 2.24) is 0 Å². The maximum atomic E-state index is 12.1. The molecule has 0 bridgehead atoms. The van der Waals surface area contributed by atoms with Crippen LogP contribution in [0.25, 0.3) is 0 Å². The number of hydrogen-bond acceptors (Lipinski definition) is 2. The number of hydrogen-bond donors (Lipinski definition) is 1. The van der Waals surface area contributed by atoms with Crippen LogP contribution in [0.2, 0.25) is 0 Å². The van der Waals surface area contributed by atoms with E-state index in [0.29, 0.717) is 5.56 Å². The Hall–Kier alpha value is -1.15. The molecule has 0 spiro atoms. The summed E-state index contributed by atoms with van der Waals surface area (Å²) in [7, 11) is 0. The molecule has 2 nitrogen and oxygen atoms in total. The van der Waals surface area contributed by atoms with Crippen LogP contribution >= 0.6 is 0 Å². The topological polar surface area (TPSA) is 37.3 Å². The third kappa shape index (κ3) is 2.92. The Kier molecular flexibility index (Phi) is 3.87. The second kappa shape index (κ2) is 4.79. The Balaban J connectivity index is 2.84. The molecule has 0 saturated carbocycles.